The fraction of sp³-hybridized carbons (Fsp3) is 0.138. The molecule has 5 rings (SSSR count). The van der Waals surface area contributed by atoms with E-state index >= 15 is 0 Å². The van der Waals surface area contributed by atoms with Crippen LogP contribution in [0.25, 0.3) is 11.1 Å². The summed E-state index contributed by atoms with van der Waals surface area (Å²) in [5.41, 5.74) is 6.30. The number of aromatic nitrogens is 2. The fourth-order valence-electron chi connectivity index (χ4n) is 4.24. The third kappa shape index (κ3) is 4.81. The average molecular weight is 492 g/mol. The van der Waals surface area contributed by atoms with Gasteiger partial charge in [0.15, 0.2) is 0 Å². The summed E-state index contributed by atoms with van der Waals surface area (Å²) in [7, 11) is 4.99. The van der Waals surface area contributed by atoms with Crippen LogP contribution in [0.1, 0.15) is 37.5 Å². The Balaban J connectivity index is 1.57. The van der Waals surface area contributed by atoms with Gasteiger partial charge < -0.3 is 15.0 Å². The van der Waals surface area contributed by atoms with E-state index in [9.17, 15) is 9.59 Å². The Kier molecular flexibility index (Phi) is 6.47. The van der Waals surface area contributed by atoms with E-state index in [1.807, 2.05) is 30.3 Å². The Morgan fingerprint density at radius 1 is 0.919 bits per heavy atom. The molecule has 0 fully saturated rings. The molecule has 0 atom stereocenters. The van der Waals surface area contributed by atoms with Crippen molar-refractivity contribution < 1.29 is 14.3 Å². The molecule has 4 aromatic rings. The average Bonchev–Trinajstić information content (AvgIpc) is 3.36. The second-order valence-electron chi connectivity index (χ2n) is 8.77. The first-order valence-electron chi connectivity index (χ1n) is 11.7. The quantitative estimate of drug-likeness (QED) is 0.430. The van der Waals surface area contributed by atoms with E-state index in [2.05, 4.69) is 15.3 Å². The molecule has 1 aliphatic heterocycles. The molecule has 8 nitrogen and oxygen atoms in total. The van der Waals surface area contributed by atoms with Gasteiger partial charge in [0.1, 0.15) is 5.75 Å². The number of carbonyl (C=O) groups excluding carboxylic acids is 2. The predicted octanol–water partition coefficient (Wildman–Crippen LogP) is 4.46. The Bertz CT molecular complexity index is 1530. The minimum absolute atomic E-state index is 0.204. The van der Waals surface area contributed by atoms with Gasteiger partial charge in [0, 0.05) is 66.2 Å². The van der Waals surface area contributed by atoms with Gasteiger partial charge >= 0.3 is 0 Å². The zero-order valence-corrected chi connectivity index (χ0v) is 20.7. The number of fused-ring (bicyclic) bond motifs is 1. The van der Waals surface area contributed by atoms with Gasteiger partial charge in [-0.25, -0.2) is 0 Å². The molecule has 3 heterocycles. The van der Waals surface area contributed by atoms with Crippen molar-refractivity contribution >= 4 is 23.2 Å². The molecule has 0 saturated carbocycles. The number of nitrogens with one attached hydrogen (secondary N) is 1. The number of aliphatic imine (C=N–C) groups is 1. The zero-order valence-electron chi connectivity index (χ0n) is 20.7. The molecule has 1 aliphatic rings. The van der Waals surface area contributed by atoms with Crippen molar-refractivity contribution in [2.24, 2.45) is 4.99 Å². The van der Waals surface area contributed by atoms with Crippen molar-refractivity contribution in [2.75, 3.05) is 26.5 Å². The maximum absolute atomic E-state index is 13.1. The van der Waals surface area contributed by atoms with E-state index < -0.39 is 0 Å². The first-order chi connectivity index (χ1) is 17.9. The predicted molar refractivity (Wildman–Crippen MR) is 142 cm³/mol. The van der Waals surface area contributed by atoms with Crippen LogP contribution in [0.5, 0.6) is 5.75 Å². The number of benzene rings is 2. The highest BCUT2D eigenvalue weighted by Crippen LogP contribution is 2.31. The van der Waals surface area contributed by atoms with Crippen LogP contribution in [-0.2, 0) is 6.54 Å². The summed E-state index contributed by atoms with van der Waals surface area (Å²) in [5, 5.41) is 2.86. The number of nitrogens with zero attached hydrogens (tertiary/aromatic N) is 4. The summed E-state index contributed by atoms with van der Waals surface area (Å²) in [4.78, 5) is 40.9. The number of pyridine rings is 2. The number of para-hydroxylation sites is 1. The van der Waals surface area contributed by atoms with Gasteiger partial charge in [-0.2, -0.15) is 0 Å². The van der Waals surface area contributed by atoms with E-state index in [0.717, 1.165) is 33.8 Å². The molecular weight excluding hydrogens is 466 g/mol. The lowest BCUT2D eigenvalue weighted by molar-refractivity contribution is 0.0827. The Labute approximate surface area is 214 Å². The largest absolute Gasteiger partial charge is 0.496 e. The van der Waals surface area contributed by atoms with Crippen molar-refractivity contribution in [3.8, 4) is 16.9 Å². The lowest BCUT2D eigenvalue weighted by atomic mass is 9.96. The fourth-order valence-corrected chi connectivity index (χ4v) is 4.24. The topological polar surface area (TPSA) is 96.8 Å². The molecule has 1 N–H and O–H groups in total. The first kappa shape index (κ1) is 23.9. The van der Waals surface area contributed by atoms with Crippen LogP contribution in [0.4, 0.5) is 5.69 Å². The monoisotopic (exact) mass is 491 g/mol. The minimum atomic E-state index is -0.328. The van der Waals surface area contributed by atoms with Gasteiger partial charge in [0.05, 0.1) is 25.1 Å². The molecule has 0 radical (unpaired) electrons. The smallest absolute Gasteiger partial charge is 0.255 e. The molecule has 0 aliphatic carbocycles. The van der Waals surface area contributed by atoms with Crippen LogP contribution in [0.3, 0.4) is 0 Å². The van der Waals surface area contributed by atoms with Crippen LogP contribution in [0, 0.1) is 0 Å². The molecule has 2 aromatic heterocycles. The van der Waals surface area contributed by atoms with Crippen molar-refractivity contribution in [1.29, 1.82) is 0 Å². The van der Waals surface area contributed by atoms with Crippen molar-refractivity contribution in [3.05, 3.63) is 107 Å². The number of carbonyl (C=O) groups is 2. The lowest BCUT2D eigenvalue weighted by Gasteiger charge is -2.15. The molecule has 0 spiro atoms. The van der Waals surface area contributed by atoms with Crippen LogP contribution in [-0.4, -0.2) is 53.6 Å². The maximum Gasteiger partial charge on any atom is 0.255 e. The van der Waals surface area contributed by atoms with Crippen LogP contribution >= 0.6 is 0 Å². The van der Waals surface area contributed by atoms with Gasteiger partial charge in [-0.3, -0.25) is 24.5 Å². The van der Waals surface area contributed by atoms with E-state index in [1.54, 1.807) is 70.1 Å². The molecule has 0 unspecified atom stereocenters. The van der Waals surface area contributed by atoms with E-state index in [1.165, 1.54) is 4.90 Å². The molecular formula is C29H25N5O3. The SMILES string of the molecule is COc1ccccc1C1=NCc2ncc(-c3cc(C(=O)Nc4ccncc4)cc(C(=O)N(C)C)c3)cc21. The normalized spacial score (nSPS) is 11.9. The molecule has 184 valence electrons. The number of hydrogen-bond donors (Lipinski definition) is 1. The number of hydrogen-bond acceptors (Lipinski definition) is 6. The summed E-state index contributed by atoms with van der Waals surface area (Å²) in [5.74, 6) is 0.199. The Hall–Kier alpha value is -4.85. The number of amides is 2. The molecule has 2 amide bonds. The van der Waals surface area contributed by atoms with E-state index in [4.69, 9.17) is 9.73 Å². The number of rotatable bonds is 6. The van der Waals surface area contributed by atoms with E-state index in [-0.39, 0.29) is 11.8 Å². The first-order valence-corrected chi connectivity index (χ1v) is 11.7. The molecule has 8 heteroatoms. The van der Waals surface area contributed by atoms with Crippen LogP contribution < -0.4 is 10.1 Å². The van der Waals surface area contributed by atoms with Crippen molar-refractivity contribution in [2.45, 2.75) is 6.54 Å². The highest BCUT2D eigenvalue weighted by atomic mass is 16.5. The van der Waals surface area contributed by atoms with Gasteiger partial charge in [-0.15, -0.1) is 0 Å². The summed E-state index contributed by atoms with van der Waals surface area (Å²) >= 11 is 0. The number of anilines is 1. The van der Waals surface area contributed by atoms with Crippen molar-refractivity contribution in [3.63, 3.8) is 0 Å². The van der Waals surface area contributed by atoms with Crippen LogP contribution in [0.2, 0.25) is 0 Å². The third-order valence-corrected chi connectivity index (χ3v) is 6.09. The van der Waals surface area contributed by atoms with Crippen LogP contribution in [0.15, 0.2) is 84.2 Å². The summed E-state index contributed by atoms with van der Waals surface area (Å²) in [6.45, 7) is 0.474. The number of ether oxygens (including phenoxy) is 1. The highest BCUT2D eigenvalue weighted by molar-refractivity contribution is 6.17. The molecule has 37 heavy (non-hydrogen) atoms. The van der Waals surface area contributed by atoms with Gasteiger partial charge in [-0.05, 0) is 54.1 Å². The van der Waals surface area contributed by atoms with Crippen molar-refractivity contribution in [1.82, 2.24) is 14.9 Å². The summed E-state index contributed by atoms with van der Waals surface area (Å²) in [6.07, 6.45) is 4.96. The second kappa shape index (κ2) is 10.0. The highest BCUT2D eigenvalue weighted by Gasteiger charge is 2.23. The zero-order chi connectivity index (χ0) is 25.9. The molecule has 0 saturated heterocycles. The summed E-state index contributed by atoms with van der Waals surface area (Å²) in [6, 6.07) is 18.3. The molecule has 0 bridgehead atoms. The maximum atomic E-state index is 13.1. The minimum Gasteiger partial charge on any atom is -0.496 e. The Morgan fingerprint density at radius 2 is 1.68 bits per heavy atom. The lowest BCUT2D eigenvalue weighted by Crippen LogP contribution is -2.22. The standard InChI is InChI=1S/C29H25N5O3/c1-34(2)29(36)20-13-18(12-19(14-20)28(35)33-22-8-10-30-11-9-22)21-15-24-25(31-16-21)17-32-27(24)23-6-4-5-7-26(23)37-3/h4-16H,17H2,1-3H3,(H,30,33,35). The second-order valence-corrected chi connectivity index (χ2v) is 8.77. The number of methoxy groups -OCH3 is 1. The van der Waals surface area contributed by atoms with Gasteiger partial charge in [0.25, 0.3) is 11.8 Å². The van der Waals surface area contributed by atoms with Gasteiger partial charge in [0.2, 0.25) is 0 Å². The molecule has 2 aromatic carbocycles. The van der Waals surface area contributed by atoms with Gasteiger partial charge in [-0.1, -0.05) is 12.1 Å². The Morgan fingerprint density at radius 3 is 2.43 bits per heavy atom. The summed E-state index contributed by atoms with van der Waals surface area (Å²) < 4.78 is 5.55. The third-order valence-electron chi connectivity index (χ3n) is 6.09. The van der Waals surface area contributed by atoms with E-state index in [0.29, 0.717) is 28.9 Å².